The third kappa shape index (κ3) is 2.79. The molecule has 1 N–H and O–H groups in total. The highest BCUT2D eigenvalue weighted by molar-refractivity contribution is 5.83. The number of aliphatic hydroxyl groups is 1. The molecule has 3 rings (SSSR count). The van der Waals surface area contributed by atoms with Gasteiger partial charge in [-0.05, 0) is 27.8 Å². The minimum absolute atomic E-state index is 0.739. The molecule has 0 fully saturated rings. The van der Waals surface area contributed by atoms with Crippen molar-refractivity contribution in [2.24, 2.45) is 0 Å². The molecule has 0 saturated heterocycles. The Balaban J connectivity index is 2.05. The van der Waals surface area contributed by atoms with Gasteiger partial charge in [-0.25, -0.2) is 0 Å². The quantitative estimate of drug-likeness (QED) is 0.692. The second kappa shape index (κ2) is 6.30. The Labute approximate surface area is 130 Å². The fraction of sp³-hybridized carbons (Fsp3) is 0.0476. The summed E-state index contributed by atoms with van der Waals surface area (Å²) in [5.74, 6) is 2.33. The summed E-state index contributed by atoms with van der Waals surface area (Å²) >= 11 is 0. The van der Waals surface area contributed by atoms with Gasteiger partial charge in [0.1, 0.15) is 6.10 Å². The van der Waals surface area contributed by atoms with Gasteiger partial charge in [-0.3, -0.25) is 0 Å². The van der Waals surface area contributed by atoms with Crippen LogP contribution in [-0.2, 0) is 0 Å². The van der Waals surface area contributed by atoms with E-state index < -0.39 is 6.10 Å². The lowest BCUT2D eigenvalue weighted by molar-refractivity contribution is 0.238. The van der Waals surface area contributed by atoms with Crippen LogP contribution < -0.4 is 0 Å². The Hall–Kier alpha value is -2.82. The lowest BCUT2D eigenvalue weighted by atomic mass is 9.94. The molecule has 3 aromatic rings. The van der Waals surface area contributed by atoms with Gasteiger partial charge in [0.25, 0.3) is 0 Å². The first-order valence-electron chi connectivity index (χ1n) is 7.18. The van der Waals surface area contributed by atoms with E-state index in [9.17, 15) is 5.11 Å². The van der Waals surface area contributed by atoms with Crippen molar-refractivity contribution in [1.29, 1.82) is 0 Å². The maximum Gasteiger partial charge on any atom is 0.139 e. The van der Waals surface area contributed by atoms with Crippen molar-refractivity contribution in [1.82, 2.24) is 0 Å². The number of benzene rings is 3. The van der Waals surface area contributed by atoms with Crippen LogP contribution in [0.3, 0.4) is 0 Å². The van der Waals surface area contributed by atoms with E-state index in [0.29, 0.717) is 0 Å². The predicted octanol–water partition coefficient (Wildman–Crippen LogP) is 4.69. The molecule has 0 aliphatic heterocycles. The number of hydrogen-bond acceptors (Lipinski definition) is 1. The third-order valence-corrected chi connectivity index (χ3v) is 3.71. The molecule has 1 heteroatoms. The summed E-state index contributed by atoms with van der Waals surface area (Å²) in [4.78, 5) is 0. The summed E-state index contributed by atoms with van der Waals surface area (Å²) in [6, 6.07) is 26.4. The van der Waals surface area contributed by atoms with Gasteiger partial charge in [0.15, 0.2) is 0 Å². The molecule has 0 aliphatic rings. The smallest absolute Gasteiger partial charge is 0.139 e. The van der Waals surface area contributed by atoms with Crippen molar-refractivity contribution in [3.05, 3.63) is 84.4 Å². The van der Waals surface area contributed by atoms with E-state index in [0.717, 1.165) is 16.7 Å². The van der Waals surface area contributed by atoms with Crippen LogP contribution in [0.4, 0.5) is 0 Å². The molecule has 106 valence electrons. The average molecular weight is 284 g/mol. The molecule has 0 aliphatic carbocycles. The normalized spacial score (nSPS) is 11.6. The van der Waals surface area contributed by atoms with Crippen LogP contribution in [0.5, 0.6) is 0 Å². The highest BCUT2D eigenvalue weighted by Crippen LogP contribution is 2.32. The summed E-state index contributed by atoms with van der Waals surface area (Å²) < 4.78 is 0. The van der Waals surface area contributed by atoms with E-state index in [-0.39, 0.29) is 0 Å². The topological polar surface area (TPSA) is 20.2 Å². The molecule has 22 heavy (non-hydrogen) atoms. The summed E-state index contributed by atoms with van der Waals surface area (Å²) in [5, 5.41) is 9.69. The number of rotatable bonds is 3. The maximum absolute atomic E-state index is 9.69. The minimum Gasteiger partial charge on any atom is -0.376 e. The van der Waals surface area contributed by atoms with E-state index in [2.05, 4.69) is 30.2 Å². The van der Waals surface area contributed by atoms with Gasteiger partial charge in [0, 0.05) is 0 Å². The molecular weight excluding hydrogens is 268 g/mol. The van der Waals surface area contributed by atoms with Crippen molar-refractivity contribution < 1.29 is 5.11 Å². The Morgan fingerprint density at radius 3 is 1.73 bits per heavy atom. The molecule has 0 radical (unpaired) electrons. The van der Waals surface area contributed by atoms with Crippen molar-refractivity contribution in [2.45, 2.75) is 6.10 Å². The van der Waals surface area contributed by atoms with Gasteiger partial charge in [0.05, 0.1) is 0 Å². The van der Waals surface area contributed by atoms with E-state index in [1.165, 1.54) is 11.1 Å². The van der Waals surface area contributed by atoms with Crippen LogP contribution in [0.15, 0.2) is 78.9 Å². The van der Waals surface area contributed by atoms with Crippen LogP contribution in [-0.4, -0.2) is 5.11 Å². The van der Waals surface area contributed by atoms with E-state index in [4.69, 9.17) is 6.42 Å². The lowest BCUT2D eigenvalue weighted by Crippen LogP contribution is -1.93. The van der Waals surface area contributed by atoms with E-state index >= 15 is 0 Å². The molecule has 0 saturated carbocycles. The third-order valence-electron chi connectivity index (χ3n) is 3.71. The molecule has 0 spiro atoms. The predicted molar refractivity (Wildman–Crippen MR) is 91.1 cm³/mol. The van der Waals surface area contributed by atoms with E-state index in [1.54, 1.807) is 0 Å². The van der Waals surface area contributed by atoms with Crippen molar-refractivity contribution in [3.8, 4) is 34.6 Å². The number of terminal acetylenes is 1. The first kappa shape index (κ1) is 14.1. The summed E-state index contributed by atoms with van der Waals surface area (Å²) in [5.41, 5.74) is 5.38. The van der Waals surface area contributed by atoms with Gasteiger partial charge in [0.2, 0.25) is 0 Å². The standard InChI is InChI=1S/C21H16O/c1-2-21(22)18-14-12-17(13-15-18)20-11-7-6-10-19(20)16-8-4-3-5-9-16/h1,3-15,21-22H. The van der Waals surface area contributed by atoms with Crippen LogP contribution in [0, 0.1) is 12.3 Å². The van der Waals surface area contributed by atoms with Gasteiger partial charge in [-0.15, -0.1) is 6.42 Å². The molecule has 0 amide bonds. The first-order chi connectivity index (χ1) is 10.8. The van der Waals surface area contributed by atoms with Gasteiger partial charge >= 0.3 is 0 Å². The largest absolute Gasteiger partial charge is 0.376 e. The molecule has 1 atom stereocenters. The van der Waals surface area contributed by atoms with Crippen LogP contribution in [0.25, 0.3) is 22.3 Å². The Kier molecular flexibility index (Phi) is 4.05. The Bertz CT molecular complexity index is 795. The highest BCUT2D eigenvalue weighted by atomic mass is 16.3. The zero-order valence-corrected chi connectivity index (χ0v) is 12.1. The summed E-state index contributed by atoms with van der Waals surface area (Å²) in [6.45, 7) is 0. The molecule has 3 aromatic carbocycles. The molecule has 0 heterocycles. The lowest BCUT2D eigenvalue weighted by Gasteiger charge is -2.11. The van der Waals surface area contributed by atoms with Crippen LogP contribution in [0.2, 0.25) is 0 Å². The zero-order valence-electron chi connectivity index (χ0n) is 12.1. The van der Waals surface area contributed by atoms with Crippen molar-refractivity contribution in [3.63, 3.8) is 0 Å². The van der Waals surface area contributed by atoms with Gasteiger partial charge in [-0.1, -0.05) is 84.8 Å². The molecule has 1 nitrogen and oxygen atoms in total. The fourth-order valence-corrected chi connectivity index (χ4v) is 2.55. The van der Waals surface area contributed by atoms with Gasteiger partial charge < -0.3 is 5.11 Å². The monoisotopic (exact) mass is 284 g/mol. The fourth-order valence-electron chi connectivity index (χ4n) is 2.55. The average Bonchev–Trinajstić information content (AvgIpc) is 2.62. The maximum atomic E-state index is 9.69. The Morgan fingerprint density at radius 1 is 0.682 bits per heavy atom. The SMILES string of the molecule is C#CC(O)c1ccc(-c2ccccc2-c2ccccc2)cc1. The Morgan fingerprint density at radius 2 is 1.18 bits per heavy atom. The van der Waals surface area contributed by atoms with Crippen molar-refractivity contribution >= 4 is 0 Å². The first-order valence-corrected chi connectivity index (χ1v) is 7.18. The summed E-state index contributed by atoms with van der Waals surface area (Å²) in [7, 11) is 0. The highest BCUT2D eigenvalue weighted by Gasteiger charge is 2.08. The van der Waals surface area contributed by atoms with Crippen molar-refractivity contribution in [2.75, 3.05) is 0 Å². The zero-order chi connectivity index (χ0) is 15.4. The van der Waals surface area contributed by atoms with Crippen LogP contribution in [0.1, 0.15) is 11.7 Å². The minimum atomic E-state index is -0.849. The van der Waals surface area contributed by atoms with Crippen LogP contribution >= 0.6 is 0 Å². The number of aliphatic hydroxyl groups excluding tert-OH is 1. The second-order valence-electron chi connectivity index (χ2n) is 5.10. The van der Waals surface area contributed by atoms with Gasteiger partial charge in [-0.2, -0.15) is 0 Å². The molecule has 0 bridgehead atoms. The number of hydrogen-bond donors (Lipinski definition) is 1. The summed E-state index contributed by atoms with van der Waals surface area (Å²) in [6.07, 6.45) is 4.40. The molecule has 1 unspecified atom stereocenters. The molecular formula is C21H16O. The molecule has 0 aromatic heterocycles. The van der Waals surface area contributed by atoms with E-state index in [1.807, 2.05) is 54.6 Å². The second-order valence-corrected chi connectivity index (χ2v) is 5.10.